The molecule has 3 aromatic rings. The maximum absolute atomic E-state index is 9.76. The van der Waals surface area contributed by atoms with Crippen LogP contribution in [0.4, 0.5) is 0 Å². The Hall–Kier alpha value is -2.32. The van der Waals surface area contributed by atoms with Crippen molar-refractivity contribution in [1.82, 2.24) is 0 Å². The number of hydrogen-bond acceptors (Lipinski definition) is 2. The maximum atomic E-state index is 9.76. The summed E-state index contributed by atoms with van der Waals surface area (Å²) in [5.41, 5.74) is 4.72. The van der Waals surface area contributed by atoms with Gasteiger partial charge in [0.05, 0.1) is 13.7 Å². The zero-order valence-corrected chi connectivity index (χ0v) is 14.2. The van der Waals surface area contributed by atoms with Gasteiger partial charge >= 0.3 is 0 Å². The summed E-state index contributed by atoms with van der Waals surface area (Å²) in [4.78, 5) is 0. The molecular weight excluding hydrogens is 296 g/mol. The molecule has 3 aromatic carbocycles. The van der Waals surface area contributed by atoms with E-state index in [1.54, 1.807) is 7.11 Å². The number of hydrogen-bond donors (Lipinski definition) is 1. The Morgan fingerprint density at radius 1 is 0.958 bits per heavy atom. The van der Waals surface area contributed by atoms with Crippen molar-refractivity contribution >= 4 is 10.8 Å². The highest BCUT2D eigenvalue weighted by atomic mass is 16.5. The van der Waals surface area contributed by atoms with Crippen molar-refractivity contribution in [1.29, 1.82) is 0 Å². The fourth-order valence-electron chi connectivity index (χ4n) is 3.58. The van der Waals surface area contributed by atoms with Crippen LogP contribution < -0.4 is 4.74 Å². The summed E-state index contributed by atoms with van der Waals surface area (Å²) in [5.74, 6) is 0.880. The number of fused-ring (bicyclic) bond motifs is 1. The molecule has 4 rings (SSSR count). The van der Waals surface area contributed by atoms with Gasteiger partial charge in [0, 0.05) is 11.0 Å². The Morgan fingerprint density at radius 3 is 2.29 bits per heavy atom. The summed E-state index contributed by atoms with van der Waals surface area (Å²) in [5, 5.41) is 12.2. The standard InChI is InChI=1S/C22H22O2/c1-15-11-16-5-3-4-6-17(16)12-19(15)20-13-18(7-8-21(20)24-2)22(14-23)9-10-22/h3-8,11-13,23H,9-10,14H2,1-2H3. The summed E-state index contributed by atoms with van der Waals surface area (Å²) in [6.45, 7) is 2.36. The SMILES string of the molecule is COc1ccc(C2(CO)CC2)cc1-c1cc2ccccc2cc1C. The van der Waals surface area contributed by atoms with E-state index in [9.17, 15) is 5.11 Å². The topological polar surface area (TPSA) is 29.5 Å². The van der Waals surface area contributed by atoms with Crippen molar-refractivity contribution in [3.05, 3.63) is 65.7 Å². The van der Waals surface area contributed by atoms with Crippen LogP contribution in [0.3, 0.4) is 0 Å². The molecule has 1 aliphatic carbocycles. The predicted molar refractivity (Wildman–Crippen MR) is 98.7 cm³/mol. The summed E-state index contributed by atoms with van der Waals surface area (Å²) >= 11 is 0. The molecule has 24 heavy (non-hydrogen) atoms. The minimum Gasteiger partial charge on any atom is -0.496 e. The summed E-state index contributed by atoms with van der Waals surface area (Å²) < 4.78 is 5.63. The van der Waals surface area contributed by atoms with E-state index in [-0.39, 0.29) is 12.0 Å². The molecule has 0 spiro atoms. The quantitative estimate of drug-likeness (QED) is 0.745. The van der Waals surface area contributed by atoms with Crippen LogP contribution in [0.5, 0.6) is 5.75 Å². The monoisotopic (exact) mass is 318 g/mol. The third-order valence-electron chi connectivity index (χ3n) is 5.35. The van der Waals surface area contributed by atoms with Crippen LogP contribution in [0.25, 0.3) is 21.9 Å². The van der Waals surface area contributed by atoms with Gasteiger partial charge in [0.25, 0.3) is 0 Å². The highest BCUT2D eigenvalue weighted by Gasteiger charge is 2.43. The van der Waals surface area contributed by atoms with Gasteiger partial charge in [0.15, 0.2) is 0 Å². The zero-order valence-electron chi connectivity index (χ0n) is 14.2. The molecule has 0 atom stereocenters. The average molecular weight is 318 g/mol. The lowest BCUT2D eigenvalue weighted by Crippen LogP contribution is -2.12. The van der Waals surface area contributed by atoms with E-state index in [0.29, 0.717) is 0 Å². The summed E-state index contributed by atoms with van der Waals surface area (Å²) in [7, 11) is 1.72. The molecule has 0 bridgehead atoms. The van der Waals surface area contributed by atoms with Crippen LogP contribution in [-0.4, -0.2) is 18.8 Å². The smallest absolute Gasteiger partial charge is 0.126 e. The molecule has 2 nitrogen and oxygen atoms in total. The number of ether oxygens (including phenoxy) is 1. The normalized spacial score (nSPS) is 15.5. The minimum absolute atomic E-state index is 0.0359. The first-order valence-corrected chi connectivity index (χ1v) is 8.46. The Bertz CT molecular complexity index is 907. The molecule has 2 heteroatoms. The van der Waals surface area contributed by atoms with E-state index < -0.39 is 0 Å². The third kappa shape index (κ3) is 2.38. The number of aliphatic hydroxyl groups is 1. The molecule has 1 saturated carbocycles. The van der Waals surface area contributed by atoms with Crippen molar-refractivity contribution < 1.29 is 9.84 Å². The van der Waals surface area contributed by atoms with E-state index in [0.717, 1.165) is 24.2 Å². The van der Waals surface area contributed by atoms with Gasteiger partial charge in [-0.15, -0.1) is 0 Å². The Labute approximate surface area is 142 Å². The maximum Gasteiger partial charge on any atom is 0.126 e. The molecule has 0 aliphatic heterocycles. The number of benzene rings is 3. The molecule has 122 valence electrons. The fraction of sp³-hybridized carbons (Fsp3) is 0.273. The van der Waals surface area contributed by atoms with Crippen LogP contribution in [0, 0.1) is 6.92 Å². The molecule has 1 aliphatic rings. The molecule has 0 radical (unpaired) electrons. The second-order valence-electron chi connectivity index (χ2n) is 6.87. The van der Waals surface area contributed by atoms with Crippen molar-refractivity contribution in [2.24, 2.45) is 0 Å². The summed E-state index contributed by atoms with van der Waals surface area (Å²) in [6, 6.07) is 19.2. The number of methoxy groups -OCH3 is 1. The lowest BCUT2D eigenvalue weighted by Gasteiger charge is -2.18. The summed E-state index contributed by atoms with van der Waals surface area (Å²) in [6.07, 6.45) is 2.12. The molecule has 0 heterocycles. The van der Waals surface area contributed by atoms with Crippen LogP contribution in [0.2, 0.25) is 0 Å². The van der Waals surface area contributed by atoms with Gasteiger partial charge in [-0.25, -0.2) is 0 Å². The number of rotatable bonds is 4. The van der Waals surface area contributed by atoms with Gasteiger partial charge in [-0.2, -0.15) is 0 Å². The Morgan fingerprint density at radius 2 is 1.67 bits per heavy atom. The first kappa shape index (κ1) is 15.2. The first-order chi connectivity index (χ1) is 11.7. The lowest BCUT2D eigenvalue weighted by molar-refractivity contribution is 0.255. The van der Waals surface area contributed by atoms with E-state index in [4.69, 9.17) is 4.74 Å². The van der Waals surface area contributed by atoms with Gasteiger partial charge in [-0.3, -0.25) is 0 Å². The molecular formula is C22H22O2. The van der Waals surface area contributed by atoms with Gasteiger partial charge in [-0.1, -0.05) is 36.4 Å². The largest absolute Gasteiger partial charge is 0.496 e. The van der Waals surface area contributed by atoms with Gasteiger partial charge in [0.2, 0.25) is 0 Å². The van der Waals surface area contributed by atoms with Crippen LogP contribution in [-0.2, 0) is 5.41 Å². The number of aryl methyl sites for hydroxylation is 1. The van der Waals surface area contributed by atoms with E-state index in [1.807, 2.05) is 6.07 Å². The first-order valence-electron chi connectivity index (χ1n) is 8.46. The van der Waals surface area contributed by atoms with Crippen LogP contribution in [0.1, 0.15) is 24.0 Å². The van der Waals surface area contributed by atoms with Crippen molar-refractivity contribution in [3.63, 3.8) is 0 Å². The van der Waals surface area contributed by atoms with E-state index >= 15 is 0 Å². The minimum atomic E-state index is -0.0359. The zero-order chi connectivity index (χ0) is 16.7. The Balaban J connectivity index is 1.91. The molecule has 0 amide bonds. The molecule has 1 fully saturated rings. The van der Waals surface area contributed by atoms with Gasteiger partial charge in [0.1, 0.15) is 5.75 Å². The van der Waals surface area contributed by atoms with Crippen LogP contribution >= 0.6 is 0 Å². The number of aliphatic hydroxyl groups excluding tert-OH is 1. The van der Waals surface area contributed by atoms with Gasteiger partial charge < -0.3 is 9.84 Å². The fourth-order valence-corrected chi connectivity index (χ4v) is 3.58. The lowest BCUT2D eigenvalue weighted by atomic mass is 9.90. The van der Waals surface area contributed by atoms with Crippen molar-refractivity contribution in [2.45, 2.75) is 25.2 Å². The third-order valence-corrected chi connectivity index (χ3v) is 5.35. The Kier molecular flexibility index (Phi) is 3.58. The molecule has 0 aromatic heterocycles. The van der Waals surface area contributed by atoms with Crippen molar-refractivity contribution in [3.8, 4) is 16.9 Å². The molecule has 0 unspecified atom stereocenters. The van der Waals surface area contributed by atoms with E-state index in [1.165, 1.54) is 27.5 Å². The highest BCUT2D eigenvalue weighted by Crippen LogP contribution is 2.49. The predicted octanol–water partition coefficient (Wildman–Crippen LogP) is 4.85. The molecule has 1 N–H and O–H groups in total. The second-order valence-corrected chi connectivity index (χ2v) is 6.87. The van der Waals surface area contributed by atoms with Gasteiger partial charge in [-0.05, 0) is 65.4 Å². The van der Waals surface area contributed by atoms with Crippen LogP contribution in [0.15, 0.2) is 54.6 Å². The van der Waals surface area contributed by atoms with E-state index in [2.05, 4.69) is 55.5 Å². The van der Waals surface area contributed by atoms with Crippen molar-refractivity contribution in [2.75, 3.05) is 13.7 Å². The highest BCUT2D eigenvalue weighted by molar-refractivity contribution is 5.90. The molecule has 0 saturated heterocycles. The second kappa shape index (κ2) is 5.64. The average Bonchev–Trinajstić information content (AvgIpc) is 3.42.